The lowest BCUT2D eigenvalue weighted by Crippen LogP contribution is -2.32. The SMILES string of the molecule is c1ccc(CC[n+]2cc3ccc4c[n+](CCc5ccccc5)cn4n3c2)cc1. The summed E-state index contributed by atoms with van der Waals surface area (Å²) in [5.41, 5.74) is 5.14. The summed E-state index contributed by atoms with van der Waals surface area (Å²) >= 11 is 0. The maximum Gasteiger partial charge on any atom is 0.287 e. The van der Waals surface area contributed by atoms with Crippen LogP contribution in [0, 0.1) is 0 Å². The number of fused-ring (bicyclic) bond motifs is 3. The van der Waals surface area contributed by atoms with E-state index in [0.29, 0.717) is 0 Å². The van der Waals surface area contributed by atoms with E-state index in [1.165, 1.54) is 22.2 Å². The number of aryl methyl sites for hydroxylation is 4. The lowest BCUT2D eigenvalue weighted by Gasteiger charge is -1.97. The molecule has 4 heteroatoms. The van der Waals surface area contributed by atoms with Crippen LogP contribution in [-0.2, 0) is 25.9 Å². The van der Waals surface area contributed by atoms with E-state index in [-0.39, 0.29) is 0 Å². The van der Waals surface area contributed by atoms with Gasteiger partial charge in [0.15, 0.2) is 0 Å². The van der Waals surface area contributed by atoms with Crippen LogP contribution in [0.15, 0.2) is 97.8 Å². The van der Waals surface area contributed by atoms with Crippen LogP contribution in [0.1, 0.15) is 11.1 Å². The smallest absolute Gasteiger partial charge is 0.232 e. The van der Waals surface area contributed by atoms with Crippen LogP contribution in [0.25, 0.3) is 11.0 Å². The number of hydrogen-bond acceptors (Lipinski definition) is 0. The molecule has 5 aromatic rings. The number of aromatic nitrogens is 4. The van der Waals surface area contributed by atoms with Crippen molar-refractivity contribution < 1.29 is 9.13 Å². The summed E-state index contributed by atoms with van der Waals surface area (Å²) < 4.78 is 8.99. The second kappa shape index (κ2) is 7.31. The number of imidazole rings is 2. The summed E-state index contributed by atoms with van der Waals surface area (Å²) in [7, 11) is 0. The van der Waals surface area contributed by atoms with Crippen molar-refractivity contribution in [1.29, 1.82) is 0 Å². The van der Waals surface area contributed by atoms with Gasteiger partial charge in [0.05, 0.1) is 13.1 Å². The van der Waals surface area contributed by atoms with Crippen LogP contribution in [0.3, 0.4) is 0 Å². The van der Waals surface area contributed by atoms with Crippen molar-refractivity contribution >= 4 is 11.0 Å². The standard InChI is InChI=1S/C24H24N4/c1-3-7-21(8-4-1)13-15-25-17-23-11-12-24-18-26(20-28(24)27(23)19-25)16-14-22-9-5-2-6-10-22/h1-12,17-20H,13-16H2/q+2. The first-order valence-electron chi connectivity index (χ1n) is 9.85. The first-order chi connectivity index (χ1) is 13.8. The molecular formula is C24H24N4+2. The highest BCUT2D eigenvalue weighted by molar-refractivity contribution is 5.51. The molecule has 138 valence electrons. The summed E-state index contributed by atoms with van der Waals surface area (Å²) in [6.45, 7) is 1.95. The topological polar surface area (TPSA) is 16.6 Å². The highest BCUT2D eigenvalue weighted by atomic mass is 15.4. The van der Waals surface area contributed by atoms with Crippen LogP contribution in [0.2, 0.25) is 0 Å². The Kier molecular flexibility index (Phi) is 4.37. The normalized spacial score (nSPS) is 11.4. The van der Waals surface area contributed by atoms with Gasteiger partial charge in [-0.3, -0.25) is 0 Å². The van der Waals surface area contributed by atoms with Gasteiger partial charge in [-0.15, -0.1) is 0 Å². The van der Waals surface area contributed by atoms with Gasteiger partial charge >= 0.3 is 0 Å². The van der Waals surface area contributed by atoms with Crippen LogP contribution >= 0.6 is 0 Å². The van der Waals surface area contributed by atoms with E-state index in [4.69, 9.17) is 0 Å². The molecule has 4 nitrogen and oxygen atoms in total. The summed E-state index contributed by atoms with van der Waals surface area (Å²) in [4.78, 5) is 0. The van der Waals surface area contributed by atoms with Gasteiger partial charge in [0.25, 0.3) is 12.7 Å². The molecule has 0 saturated carbocycles. The summed E-state index contributed by atoms with van der Waals surface area (Å²) in [6.07, 6.45) is 10.9. The van der Waals surface area contributed by atoms with E-state index < -0.39 is 0 Å². The van der Waals surface area contributed by atoms with Gasteiger partial charge in [-0.2, -0.15) is 0 Å². The molecular weight excluding hydrogens is 344 g/mol. The van der Waals surface area contributed by atoms with Crippen LogP contribution in [0.5, 0.6) is 0 Å². The van der Waals surface area contributed by atoms with E-state index in [1.807, 2.05) is 0 Å². The Morgan fingerprint density at radius 2 is 0.964 bits per heavy atom. The molecule has 0 unspecified atom stereocenters. The molecule has 0 amide bonds. The van der Waals surface area contributed by atoms with Crippen LogP contribution in [-0.4, -0.2) is 9.03 Å². The molecule has 0 aliphatic rings. The molecule has 0 aliphatic carbocycles. The Morgan fingerprint density at radius 1 is 0.536 bits per heavy atom. The molecule has 0 aliphatic heterocycles. The van der Waals surface area contributed by atoms with Crippen molar-refractivity contribution in [3.63, 3.8) is 0 Å². The minimum atomic E-state index is 0.975. The van der Waals surface area contributed by atoms with Crippen molar-refractivity contribution in [2.24, 2.45) is 0 Å². The number of hydrogen-bond donors (Lipinski definition) is 0. The highest BCUT2D eigenvalue weighted by Gasteiger charge is 2.17. The monoisotopic (exact) mass is 368 g/mol. The molecule has 0 saturated heterocycles. The fourth-order valence-corrected chi connectivity index (χ4v) is 3.76. The quantitative estimate of drug-likeness (QED) is 0.409. The van der Waals surface area contributed by atoms with Crippen molar-refractivity contribution in [3.8, 4) is 0 Å². The Balaban J connectivity index is 1.38. The fraction of sp³-hybridized carbons (Fsp3) is 0.167. The zero-order valence-corrected chi connectivity index (χ0v) is 15.9. The highest BCUT2D eigenvalue weighted by Crippen LogP contribution is 2.07. The average molecular weight is 368 g/mol. The van der Waals surface area contributed by atoms with E-state index in [9.17, 15) is 0 Å². The Hall–Kier alpha value is -3.40. The maximum atomic E-state index is 2.27. The van der Waals surface area contributed by atoms with Gasteiger partial charge < -0.3 is 0 Å². The van der Waals surface area contributed by atoms with Gasteiger partial charge in [0.1, 0.15) is 12.4 Å². The number of nitrogens with zero attached hydrogens (tertiary/aromatic N) is 4. The first kappa shape index (κ1) is 16.8. The van der Waals surface area contributed by atoms with E-state index in [2.05, 4.69) is 116 Å². The van der Waals surface area contributed by atoms with E-state index in [1.54, 1.807) is 0 Å². The second-order valence-electron chi connectivity index (χ2n) is 7.31. The molecule has 0 atom stereocenters. The minimum absolute atomic E-state index is 0.975. The van der Waals surface area contributed by atoms with Crippen molar-refractivity contribution in [2.45, 2.75) is 25.9 Å². The lowest BCUT2D eigenvalue weighted by atomic mass is 10.1. The summed E-state index contributed by atoms with van der Waals surface area (Å²) in [6, 6.07) is 25.7. The fourth-order valence-electron chi connectivity index (χ4n) is 3.76. The van der Waals surface area contributed by atoms with Crippen molar-refractivity contribution in [2.75, 3.05) is 0 Å². The van der Waals surface area contributed by atoms with Crippen molar-refractivity contribution in [3.05, 3.63) is 109 Å². The van der Waals surface area contributed by atoms with Gasteiger partial charge in [-0.1, -0.05) is 60.7 Å². The first-order valence-corrected chi connectivity index (χ1v) is 9.85. The van der Waals surface area contributed by atoms with Crippen LogP contribution < -0.4 is 9.13 Å². The third-order valence-corrected chi connectivity index (χ3v) is 5.30. The van der Waals surface area contributed by atoms with Crippen LogP contribution in [0.4, 0.5) is 0 Å². The molecule has 0 bridgehead atoms. The molecule has 0 radical (unpaired) electrons. The Morgan fingerprint density at radius 3 is 1.39 bits per heavy atom. The van der Waals surface area contributed by atoms with Gasteiger partial charge in [-0.05, 0) is 32.3 Å². The molecule has 2 aromatic carbocycles. The third-order valence-electron chi connectivity index (χ3n) is 5.30. The molecule has 3 aromatic heterocycles. The maximum absolute atomic E-state index is 2.27. The molecule has 5 rings (SSSR count). The third kappa shape index (κ3) is 3.41. The van der Waals surface area contributed by atoms with Gasteiger partial charge in [-0.25, -0.2) is 9.13 Å². The zero-order chi connectivity index (χ0) is 18.8. The minimum Gasteiger partial charge on any atom is -0.232 e. The largest absolute Gasteiger partial charge is 0.287 e. The summed E-state index contributed by atoms with van der Waals surface area (Å²) in [5, 5.41) is 0. The summed E-state index contributed by atoms with van der Waals surface area (Å²) in [5.74, 6) is 0. The Bertz CT molecular complexity index is 1110. The zero-order valence-electron chi connectivity index (χ0n) is 15.9. The predicted molar refractivity (Wildman–Crippen MR) is 109 cm³/mol. The number of rotatable bonds is 6. The predicted octanol–water partition coefficient (Wildman–Crippen LogP) is 3.25. The molecule has 3 heterocycles. The van der Waals surface area contributed by atoms with Crippen molar-refractivity contribution in [1.82, 2.24) is 9.03 Å². The molecule has 28 heavy (non-hydrogen) atoms. The average Bonchev–Trinajstić information content (AvgIpc) is 3.35. The van der Waals surface area contributed by atoms with Gasteiger partial charge in [0, 0.05) is 12.8 Å². The van der Waals surface area contributed by atoms with Gasteiger partial charge in [0.2, 0.25) is 11.0 Å². The lowest BCUT2D eigenvalue weighted by molar-refractivity contribution is -0.697. The second-order valence-corrected chi connectivity index (χ2v) is 7.31. The Labute approximate surface area is 164 Å². The molecule has 0 fully saturated rings. The number of benzene rings is 2. The van der Waals surface area contributed by atoms with E-state index >= 15 is 0 Å². The molecule has 0 spiro atoms. The molecule has 0 N–H and O–H groups in total. The van der Waals surface area contributed by atoms with E-state index in [0.717, 1.165) is 25.9 Å².